The van der Waals surface area contributed by atoms with E-state index in [1.165, 1.54) is 5.70 Å². The molecule has 0 aromatic carbocycles. The average molecular weight is 251 g/mol. The lowest BCUT2D eigenvalue weighted by Crippen LogP contribution is -2.32. The van der Waals surface area contributed by atoms with E-state index in [1.54, 1.807) is 0 Å². The Morgan fingerprint density at radius 3 is 2.44 bits per heavy atom. The van der Waals surface area contributed by atoms with Crippen LogP contribution >= 0.6 is 0 Å². The summed E-state index contributed by atoms with van der Waals surface area (Å²) >= 11 is 0. The number of hydrogen-bond donors (Lipinski definition) is 0. The number of allylic oxidation sites excluding steroid dienone is 2. The van der Waals surface area contributed by atoms with E-state index in [2.05, 4.69) is 58.7 Å². The Balaban J connectivity index is 3.06. The summed E-state index contributed by atoms with van der Waals surface area (Å²) in [4.78, 5) is 2.38. The minimum Gasteiger partial charge on any atom is -0.494 e. The Labute approximate surface area is 113 Å². The van der Waals surface area contributed by atoms with Gasteiger partial charge in [0.05, 0.1) is 6.61 Å². The number of nitrogens with zero attached hydrogens (tertiary/aromatic N) is 1. The normalized spacial score (nSPS) is 21.6. The van der Waals surface area contributed by atoms with Crippen LogP contribution in [0.4, 0.5) is 0 Å². The molecule has 0 saturated heterocycles. The fraction of sp³-hybridized carbons (Fsp3) is 0.750. The molecule has 0 bridgehead atoms. The van der Waals surface area contributed by atoms with Crippen LogP contribution in [0.3, 0.4) is 0 Å². The molecule has 0 spiro atoms. The van der Waals surface area contributed by atoms with Gasteiger partial charge >= 0.3 is 0 Å². The maximum atomic E-state index is 5.78. The number of rotatable bonds is 3. The average Bonchev–Trinajstić information content (AvgIpc) is 2.38. The van der Waals surface area contributed by atoms with E-state index >= 15 is 0 Å². The first-order chi connectivity index (χ1) is 8.25. The summed E-state index contributed by atoms with van der Waals surface area (Å²) in [6.07, 6.45) is 4.51. The quantitative estimate of drug-likeness (QED) is 0.750. The zero-order valence-corrected chi connectivity index (χ0v) is 13.1. The van der Waals surface area contributed by atoms with Crippen molar-refractivity contribution in [2.75, 3.05) is 20.2 Å². The molecule has 0 saturated carbocycles. The highest BCUT2D eigenvalue weighted by molar-refractivity contribution is 5.23. The Bertz CT molecular complexity index is 333. The third-order valence-electron chi connectivity index (χ3n) is 3.58. The predicted octanol–water partition coefficient (Wildman–Crippen LogP) is 4.05. The van der Waals surface area contributed by atoms with Gasteiger partial charge in [0.15, 0.2) is 0 Å². The summed E-state index contributed by atoms with van der Waals surface area (Å²) in [6.45, 7) is 15.2. The second-order valence-electron chi connectivity index (χ2n) is 6.58. The van der Waals surface area contributed by atoms with Crippen molar-refractivity contribution in [2.45, 2.75) is 41.5 Å². The Kier molecular flexibility index (Phi) is 4.89. The van der Waals surface area contributed by atoms with Gasteiger partial charge in [0.25, 0.3) is 0 Å². The molecule has 2 nitrogen and oxygen atoms in total. The molecule has 0 amide bonds. The Hall–Kier alpha value is -0.920. The van der Waals surface area contributed by atoms with Crippen molar-refractivity contribution in [3.05, 3.63) is 23.6 Å². The van der Waals surface area contributed by atoms with E-state index in [4.69, 9.17) is 4.74 Å². The zero-order chi connectivity index (χ0) is 13.9. The van der Waals surface area contributed by atoms with Gasteiger partial charge in [-0.1, -0.05) is 34.6 Å². The fourth-order valence-electron chi connectivity index (χ4n) is 2.34. The van der Waals surface area contributed by atoms with Crippen molar-refractivity contribution in [2.24, 2.45) is 17.3 Å². The Morgan fingerprint density at radius 2 is 2.00 bits per heavy atom. The molecule has 0 radical (unpaired) electrons. The van der Waals surface area contributed by atoms with Crippen LogP contribution in [0.15, 0.2) is 23.6 Å². The van der Waals surface area contributed by atoms with E-state index in [0.717, 1.165) is 18.9 Å². The molecule has 104 valence electrons. The highest BCUT2D eigenvalue weighted by atomic mass is 16.5. The van der Waals surface area contributed by atoms with Gasteiger partial charge in [-0.15, -0.1) is 0 Å². The van der Waals surface area contributed by atoms with Crippen LogP contribution in [-0.2, 0) is 4.74 Å². The van der Waals surface area contributed by atoms with E-state index in [-0.39, 0.29) is 5.41 Å². The summed E-state index contributed by atoms with van der Waals surface area (Å²) in [7, 11) is 2.19. The highest BCUT2D eigenvalue weighted by Gasteiger charge is 2.28. The summed E-state index contributed by atoms with van der Waals surface area (Å²) in [5, 5.41) is 0. The first kappa shape index (κ1) is 15.1. The van der Waals surface area contributed by atoms with Crippen molar-refractivity contribution in [3.8, 4) is 0 Å². The number of hydrogen-bond acceptors (Lipinski definition) is 2. The van der Waals surface area contributed by atoms with Crippen molar-refractivity contribution in [1.82, 2.24) is 4.90 Å². The maximum absolute atomic E-state index is 5.78. The van der Waals surface area contributed by atoms with Gasteiger partial charge in [0, 0.05) is 25.2 Å². The summed E-state index contributed by atoms with van der Waals surface area (Å²) in [6, 6.07) is 0. The van der Waals surface area contributed by atoms with E-state index in [1.807, 2.05) is 6.92 Å². The molecule has 0 aromatic heterocycles. The van der Waals surface area contributed by atoms with Crippen LogP contribution in [0, 0.1) is 17.3 Å². The largest absolute Gasteiger partial charge is 0.494 e. The molecule has 1 unspecified atom stereocenters. The van der Waals surface area contributed by atoms with Gasteiger partial charge in [0.2, 0.25) is 0 Å². The summed E-state index contributed by atoms with van der Waals surface area (Å²) in [5.41, 5.74) is 1.62. The smallest absolute Gasteiger partial charge is 0.117 e. The molecule has 0 N–H and O–H groups in total. The second kappa shape index (κ2) is 5.81. The lowest BCUT2D eigenvalue weighted by atomic mass is 9.80. The summed E-state index contributed by atoms with van der Waals surface area (Å²) in [5.74, 6) is 2.07. The SMILES string of the molecule is CCOC1=CC(C(C)(C)C)CN(C)C(C(C)C)=C1. The first-order valence-electron chi connectivity index (χ1n) is 7.03. The predicted molar refractivity (Wildman–Crippen MR) is 78.2 cm³/mol. The molecule has 1 rings (SSSR count). The molecular weight excluding hydrogens is 222 g/mol. The second-order valence-corrected chi connectivity index (χ2v) is 6.58. The topological polar surface area (TPSA) is 12.5 Å². The highest BCUT2D eigenvalue weighted by Crippen LogP contribution is 2.33. The van der Waals surface area contributed by atoms with Gasteiger partial charge in [-0.2, -0.15) is 0 Å². The minimum atomic E-state index is 0.261. The van der Waals surface area contributed by atoms with Crippen molar-refractivity contribution < 1.29 is 4.74 Å². The van der Waals surface area contributed by atoms with Crippen LogP contribution in [-0.4, -0.2) is 25.1 Å². The van der Waals surface area contributed by atoms with Crippen molar-refractivity contribution >= 4 is 0 Å². The third-order valence-corrected chi connectivity index (χ3v) is 3.58. The van der Waals surface area contributed by atoms with Crippen LogP contribution in [0.25, 0.3) is 0 Å². The molecule has 0 aromatic rings. The first-order valence-corrected chi connectivity index (χ1v) is 7.03. The fourth-order valence-corrected chi connectivity index (χ4v) is 2.34. The van der Waals surface area contributed by atoms with Crippen molar-refractivity contribution in [3.63, 3.8) is 0 Å². The summed E-state index contributed by atoms with van der Waals surface area (Å²) < 4.78 is 5.78. The lowest BCUT2D eigenvalue weighted by Gasteiger charge is -2.33. The van der Waals surface area contributed by atoms with Gasteiger partial charge in [0.1, 0.15) is 5.76 Å². The zero-order valence-electron chi connectivity index (χ0n) is 13.1. The number of ether oxygens (including phenoxy) is 1. The molecule has 0 fully saturated rings. The molecule has 1 atom stereocenters. The Morgan fingerprint density at radius 1 is 1.39 bits per heavy atom. The van der Waals surface area contributed by atoms with E-state index in [9.17, 15) is 0 Å². The van der Waals surface area contributed by atoms with Crippen LogP contribution < -0.4 is 0 Å². The standard InChI is InChI=1S/C16H29NO/c1-8-18-14-9-13(16(4,5)6)11-17(7)15(10-14)12(2)3/h9-10,12-13H,8,11H2,1-7H3. The van der Waals surface area contributed by atoms with Gasteiger partial charge in [-0.05, 0) is 30.4 Å². The lowest BCUT2D eigenvalue weighted by molar-refractivity contribution is 0.214. The maximum Gasteiger partial charge on any atom is 0.117 e. The molecule has 1 heterocycles. The van der Waals surface area contributed by atoms with Crippen LogP contribution in [0.2, 0.25) is 0 Å². The van der Waals surface area contributed by atoms with Gasteiger partial charge in [-0.3, -0.25) is 0 Å². The van der Waals surface area contributed by atoms with Crippen LogP contribution in [0.1, 0.15) is 41.5 Å². The molecule has 0 aliphatic carbocycles. The minimum absolute atomic E-state index is 0.261. The van der Waals surface area contributed by atoms with Gasteiger partial charge in [-0.25, -0.2) is 0 Å². The molecular formula is C16H29NO. The molecule has 1 aliphatic heterocycles. The molecule has 18 heavy (non-hydrogen) atoms. The monoisotopic (exact) mass is 251 g/mol. The molecule has 2 heteroatoms. The van der Waals surface area contributed by atoms with Gasteiger partial charge < -0.3 is 9.64 Å². The third kappa shape index (κ3) is 3.79. The molecule has 1 aliphatic rings. The van der Waals surface area contributed by atoms with Crippen LogP contribution in [0.5, 0.6) is 0 Å². The van der Waals surface area contributed by atoms with E-state index in [0.29, 0.717) is 11.8 Å². The van der Waals surface area contributed by atoms with E-state index < -0.39 is 0 Å². The van der Waals surface area contributed by atoms with Crippen molar-refractivity contribution in [1.29, 1.82) is 0 Å².